The summed E-state index contributed by atoms with van der Waals surface area (Å²) in [4.78, 5) is 48.8. The van der Waals surface area contributed by atoms with E-state index in [1.54, 1.807) is 24.3 Å². The second kappa shape index (κ2) is 6.72. The number of nitro benzene ring substituents is 1. The number of nitrogens with zero attached hydrogens (tertiary/aromatic N) is 3. The third-order valence-electron chi connectivity index (χ3n) is 3.41. The molecule has 0 fully saturated rings. The van der Waals surface area contributed by atoms with Crippen molar-refractivity contribution in [2.24, 2.45) is 0 Å². The van der Waals surface area contributed by atoms with E-state index in [9.17, 15) is 24.5 Å². The summed E-state index contributed by atoms with van der Waals surface area (Å²) in [5.41, 5.74) is -2.61. The SMILES string of the molecule is Nn1c(=O)[nH]c(=O)n(-c2ccc(Sc3ccc([N+](=O)[O-])cc3)cc2)c1=O. The lowest BCUT2D eigenvalue weighted by Gasteiger charge is -2.07. The van der Waals surface area contributed by atoms with Crippen molar-refractivity contribution in [3.8, 4) is 5.69 Å². The van der Waals surface area contributed by atoms with Crippen LogP contribution in [-0.2, 0) is 0 Å². The highest BCUT2D eigenvalue weighted by atomic mass is 32.2. The second-order valence-electron chi connectivity index (χ2n) is 5.07. The van der Waals surface area contributed by atoms with Crippen molar-refractivity contribution in [3.05, 3.63) is 90.1 Å². The van der Waals surface area contributed by atoms with Crippen molar-refractivity contribution in [2.75, 3.05) is 5.84 Å². The Balaban J connectivity index is 1.89. The van der Waals surface area contributed by atoms with E-state index in [1.807, 2.05) is 4.98 Å². The van der Waals surface area contributed by atoms with E-state index in [4.69, 9.17) is 5.84 Å². The Morgan fingerprint density at radius 2 is 1.46 bits per heavy atom. The first-order valence-corrected chi connectivity index (χ1v) is 7.94. The van der Waals surface area contributed by atoms with Gasteiger partial charge in [-0.1, -0.05) is 11.8 Å². The number of hydrogen-bond acceptors (Lipinski definition) is 7. The van der Waals surface area contributed by atoms with Crippen LogP contribution in [0.15, 0.2) is 72.7 Å². The van der Waals surface area contributed by atoms with Gasteiger partial charge in [0.1, 0.15) is 0 Å². The second-order valence-corrected chi connectivity index (χ2v) is 6.22. The molecular weight excluding hydrogens is 362 g/mol. The molecule has 3 N–H and O–H groups in total. The summed E-state index contributed by atoms with van der Waals surface area (Å²) >= 11 is 1.35. The molecule has 0 aliphatic heterocycles. The number of hydrogen-bond donors (Lipinski definition) is 2. The van der Waals surface area contributed by atoms with Crippen molar-refractivity contribution in [3.63, 3.8) is 0 Å². The van der Waals surface area contributed by atoms with Crippen molar-refractivity contribution < 1.29 is 4.92 Å². The van der Waals surface area contributed by atoms with E-state index >= 15 is 0 Å². The smallest absolute Gasteiger partial charge is 0.331 e. The molecule has 0 spiro atoms. The number of H-pyrrole nitrogens is 1. The number of rotatable bonds is 4. The molecule has 2 aromatic carbocycles. The fourth-order valence-corrected chi connectivity index (χ4v) is 2.97. The van der Waals surface area contributed by atoms with Gasteiger partial charge in [0.05, 0.1) is 10.6 Å². The maximum Gasteiger partial charge on any atom is 0.359 e. The molecule has 0 saturated carbocycles. The minimum Gasteiger partial charge on any atom is -0.331 e. The summed E-state index contributed by atoms with van der Waals surface area (Å²) in [5.74, 6) is 5.30. The van der Waals surface area contributed by atoms with Crippen molar-refractivity contribution in [2.45, 2.75) is 9.79 Å². The van der Waals surface area contributed by atoms with Crippen LogP contribution >= 0.6 is 11.8 Å². The van der Waals surface area contributed by atoms with Gasteiger partial charge >= 0.3 is 17.1 Å². The van der Waals surface area contributed by atoms with E-state index in [1.165, 1.54) is 36.0 Å². The van der Waals surface area contributed by atoms with Crippen LogP contribution in [0, 0.1) is 10.1 Å². The lowest BCUT2D eigenvalue weighted by Crippen LogP contribution is -2.51. The van der Waals surface area contributed by atoms with E-state index in [0.29, 0.717) is 4.68 Å². The first-order valence-electron chi connectivity index (χ1n) is 7.13. The zero-order valence-corrected chi connectivity index (χ0v) is 13.8. The maximum atomic E-state index is 12.0. The first kappa shape index (κ1) is 17.2. The van der Waals surface area contributed by atoms with Crippen LogP contribution in [-0.4, -0.2) is 19.2 Å². The van der Waals surface area contributed by atoms with Crippen molar-refractivity contribution in [1.82, 2.24) is 14.2 Å². The van der Waals surface area contributed by atoms with Crippen LogP contribution in [0.4, 0.5) is 5.69 Å². The van der Waals surface area contributed by atoms with Gasteiger partial charge in [0.25, 0.3) is 5.69 Å². The number of non-ortho nitro benzene ring substituents is 1. The molecule has 0 bridgehead atoms. The molecule has 0 radical (unpaired) electrons. The summed E-state index contributed by atoms with van der Waals surface area (Å²) in [7, 11) is 0. The molecular formula is C15H11N5O5S. The monoisotopic (exact) mass is 373 g/mol. The maximum absolute atomic E-state index is 12.0. The molecule has 3 aromatic rings. The molecule has 132 valence electrons. The average molecular weight is 373 g/mol. The predicted molar refractivity (Wildman–Crippen MR) is 94.3 cm³/mol. The van der Waals surface area contributed by atoms with Gasteiger partial charge < -0.3 is 5.84 Å². The predicted octanol–water partition coefficient (Wildman–Crippen LogP) is 0.461. The number of aromatic amines is 1. The number of nitrogens with one attached hydrogen (secondary N) is 1. The highest BCUT2D eigenvalue weighted by Crippen LogP contribution is 2.29. The quantitative estimate of drug-likeness (QED) is 0.384. The van der Waals surface area contributed by atoms with Gasteiger partial charge in [-0.25, -0.2) is 19.0 Å². The van der Waals surface area contributed by atoms with Crippen LogP contribution in [0.2, 0.25) is 0 Å². The van der Waals surface area contributed by atoms with Gasteiger partial charge in [-0.3, -0.25) is 15.1 Å². The van der Waals surface area contributed by atoms with Crippen LogP contribution in [0.25, 0.3) is 5.69 Å². The largest absolute Gasteiger partial charge is 0.359 e. The molecule has 10 nitrogen and oxygen atoms in total. The summed E-state index contributed by atoms with van der Waals surface area (Å²) in [6, 6.07) is 12.4. The van der Waals surface area contributed by atoms with Crippen molar-refractivity contribution in [1.29, 1.82) is 0 Å². The number of nitrogens with two attached hydrogens (primary N) is 1. The zero-order chi connectivity index (χ0) is 18.8. The highest BCUT2D eigenvalue weighted by Gasteiger charge is 2.10. The van der Waals surface area contributed by atoms with Crippen molar-refractivity contribution >= 4 is 17.4 Å². The van der Waals surface area contributed by atoms with Crippen LogP contribution in [0.5, 0.6) is 0 Å². The molecule has 0 amide bonds. The Morgan fingerprint density at radius 1 is 0.923 bits per heavy atom. The molecule has 0 saturated heterocycles. The topological polar surface area (TPSA) is 146 Å². The first-order chi connectivity index (χ1) is 12.4. The summed E-state index contributed by atoms with van der Waals surface area (Å²) in [6.45, 7) is 0. The molecule has 26 heavy (non-hydrogen) atoms. The number of nitro groups is 1. The minimum atomic E-state index is -0.999. The molecule has 1 heterocycles. The normalized spacial score (nSPS) is 10.6. The van der Waals surface area contributed by atoms with E-state index in [-0.39, 0.29) is 11.4 Å². The lowest BCUT2D eigenvalue weighted by atomic mass is 10.3. The number of nitrogen functional groups attached to an aromatic ring is 1. The molecule has 3 rings (SSSR count). The van der Waals surface area contributed by atoms with Crippen LogP contribution in [0.3, 0.4) is 0 Å². The van der Waals surface area contributed by atoms with Gasteiger partial charge in [0.15, 0.2) is 0 Å². The Labute approximate surface area is 148 Å². The fourth-order valence-electron chi connectivity index (χ4n) is 2.15. The van der Waals surface area contributed by atoms with Gasteiger partial charge in [-0.2, -0.15) is 4.68 Å². The number of benzene rings is 2. The number of aromatic nitrogens is 3. The summed E-state index contributed by atoms with van der Waals surface area (Å²) in [6.07, 6.45) is 0. The average Bonchev–Trinajstić information content (AvgIpc) is 2.62. The zero-order valence-electron chi connectivity index (χ0n) is 13.0. The minimum absolute atomic E-state index is 0.000192. The molecule has 1 aromatic heterocycles. The van der Waals surface area contributed by atoms with E-state index in [2.05, 4.69) is 0 Å². The van der Waals surface area contributed by atoms with Gasteiger partial charge in [0, 0.05) is 21.9 Å². The molecule has 0 aliphatic carbocycles. The van der Waals surface area contributed by atoms with Gasteiger partial charge in [-0.15, -0.1) is 0 Å². The Morgan fingerprint density at radius 3 is 2.00 bits per heavy atom. The Kier molecular flexibility index (Phi) is 4.45. The van der Waals surface area contributed by atoms with Gasteiger partial charge in [-0.05, 0) is 36.4 Å². The van der Waals surface area contributed by atoms with Gasteiger partial charge in [0.2, 0.25) is 0 Å². The molecule has 0 atom stereocenters. The standard InChI is InChI=1S/C15H11N5O5S/c16-19-14(22)17-13(21)18(15(19)23)9-1-5-11(6-2-9)26-12-7-3-10(4-8-12)20(24)25/h1-8H,16H2,(H,17,21,22). The van der Waals surface area contributed by atoms with Crippen LogP contribution in [0.1, 0.15) is 0 Å². The lowest BCUT2D eigenvalue weighted by molar-refractivity contribution is -0.384. The Hall–Kier alpha value is -3.60. The fraction of sp³-hybridized carbons (Fsp3) is 0. The third kappa shape index (κ3) is 3.28. The van der Waals surface area contributed by atoms with E-state index < -0.39 is 22.0 Å². The highest BCUT2D eigenvalue weighted by molar-refractivity contribution is 7.99. The molecule has 0 unspecified atom stereocenters. The molecule has 0 aliphatic rings. The van der Waals surface area contributed by atoms with Crippen LogP contribution < -0.4 is 22.9 Å². The van der Waals surface area contributed by atoms with E-state index in [0.717, 1.165) is 14.4 Å². The Bertz CT molecular complexity index is 1150. The third-order valence-corrected chi connectivity index (χ3v) is 4.43. The summed E-state index contributed by atoms with van der Waals surface area (Å²) in [5, 5.41) is 10.7. The molecule has 11 heteroatoms. The summed E-state index contributed by atoms with van der Waals surface area (Å²) < 4.78 is 1.04.